The maximum absolute atomic E-state index is 5.55. The Balaban J connectivity index is 2.12. The van der Waals surface area contributed by atoms with Crippen LogP contribution in [0.5, 0.6) is 0 Å². The second-order valence-corrected chi connectivity index (χ2v) is 3.88. The molecule has 88 valence electrons. The normalized spacial score (nSPS) is 10.2. The number of pyridine rings is 1. The SMILES string of the molecule is Cc1cccnc1CNc1nc(N)ncc1C. The van der Waals surface area contributed by atoms with Crippen LogP contribution in [0.1, 0.15) is 16.8 Å². The van der Waals surface area contributed by atoms with Crippen molar-refractivity contribution >= 4 is 11.8 Å². The lowest BCUT2D eigenvalue weighted by Crippen LogP contribution is -2.08. The van der Waals surface area contributed by atoms with Crippen molar-refractivity contribution in [2.75, 3.05) is 11.1 Å². The number of hydrogen-bond acceptors (Lipinski definition) is 5. The van der Waals surface area contributed by atoms with E-state index < -0.39 is 0 Å². The zero-order valence-electron chi connectivity index (χ0n) is 9.94. The molecule has 0 aliphatic carbocycles. The molecule has 5 nitrogen and oxygen atoms in total. The lowest BCUT2D eigenvalue weighted by atomic mass is 10.2. The van der Waals surface area contributed by atoms with Crippen molar-refractivity contribution < 1.29 is 0 Å². The van der Waals surface area contributed by atoms with Gasteiger partial charge in [0.1, 0.15) is 5.82 Å². The third-order valence-electron chi connectivity index (χ3n) is 2.53. The Morgan fingerprint density at radius 2 is 2.06 bits per heavy atom. The Morgan fingerprint density at radius 1 is 1.24 bits per heavy atom. The van der Waals surface area contributed by atoms with Gasteiger partial charge in [-0.25, -0.2) is 4.98 Å². The zero-order chi connectivity index (χ0) is 12.3. The van der Waals surface area contributed by atoms with E-state index >= 15 is 0 Å². The molecule has 0 fully saturated rings. The zero-order valence-corrected chi connectivity index (χ0v) is 9.94. The lowest BCUT2D eigenvalue weighted by Gasteiger charge is -2.09. The molecule has 2 aromatic rings. The molecule has 3 N–H and O–H groups in total. The van der Waals surface area contributed by atoms with E-state index in [-0.39, 0.29) is 5.95 Å². The van der Waals surface area contributed by atoms with Gasteiger partial charge in [0.15, 0.2) is 0 Å². The molecule has 2 aromatic heterocycles. The molecule has 2 rings (SSSR count). The van der Waals surface area contributed by atoms with Gasteiger partial charge < -0.3 is 11.1 Å². The van der Waals surface area contributed by atoms with Gasteiger partial charge in [0.2, 0.25) is 5.95 Å². The Hall–Kier alpha value is -2.17. The van der Waals surface area contributed by atoms with E-state index in [1.165, 1.54) is 0 Å². The monoisotopic (exact) mass is 229 g/mol. The molecule has 5 heteroatoms. The van der Waals surface area contributed by atoms with Crippen molar-refractivity contribution in [3.63, 3.8) is 0 Å². The number of aromatic nitrogens is 3. The summed E-state index contributed by atoms with van der Waals surface area (Å²) in [5.41, 5.74) is 8.67. The molecule has 0 atom stereocenters. The Labute approximate surface area is 100 Å². The van der Waals surface area contributed by atoms with Gasteiger partial charge in [0, 0.05) is 18.0 Å². The molecule has 0 radical (unpaired) electrons. The highest BCUT2D eigenvalue weighted by molar-refractivity contribution is 5.45. The largest absolute Gasteiger partial charge is 0.368 e. The van der Waals surface area contributed by atoms with Crippen LogP contribution >= 0.6 is 0 Å². The van der Waals surface area contributed by atoms with Gasteiger partial charge in [0.05, 0.1) is 12.2 Å². The summed E-state index contributed by atoms with van der Waals surface area (Å²) >= 11 is 0. The van der Waals surface area contributed by atoms with Crippen molar-refractivity contribution in [3.05, 3.63) is 41.3 Å². The van der Waals surface area contributed by atoms with Crippen molar-refractivity contribution in [2.24, 2.45) is 0 Å². The molecule has 0 spiro atoms. The fourth-order valence-electron chi connectivity index (χ4n) is 1.51. The van der Waals surface area contributed by atoms with Gasteiger partial charge >= 0.3 is 0 Å². The molecule has 0 bridgehead atoms. The molecule has 2 heterocycles. The topological polar surface area (TPSA) is 76.7 Å². The summed E-state index contributed by atoms with van der Waals surface area (Å²) in [6.45, 7) is 4.60. The highest BCUT2D eigenvalue weighted by Crippen LogP contribution is 2.12. The number of aryl methyl sites for hydroxylation is 2. The summed E-state index contributed by atoms with van der Waals surface area (Å²) in [5.74, 6) is 1.03. The molecular weight excluding hydrogens is 214 g/mol. The standard InChI is InChI=1S/C12H15N5/c1-8-4-3-5-14-10(8)7-15-11-9(2)6-16-12(13)17-11/h3-6H,7H2,1-2H3,(H3,13,15,16,17). The summed E-state index contributed by atoms with van der Waals surface area (Å²) in [6, 6.07) is 3.96. The maximum atomic E-state index is 5.55. The molecule has 0 unspecified atom stereocenters. The number of nitrogens with one attached hydrogen (secondary N) is 1. The highest BCUT2D eigenvalue weighted by atomic mass is 15.1. The van der Waals surface area contributed by atoms with Gasteiger partial charge in [-0.1, -0.05) is 6.07 Å². The quantitative estimate of drug-likeness (QED) is 0.837. The molecule has 0 saturated heterocycles. The first kappa shape index (κ1) is 11.3. The lowest BCUT2D eigenvalue weighted by molar-refractivity contribution is 0.994. The van der Waals surface area contributed by atoms with Crippen LogP contribution in [0.25, 0.3) is 0 Å². The summed E-state index contributed by atoms with van der Waals surface area (Å²) in [4.78, 5) is 12.4. The third kappa shape index (κ3) is 2.69. The number of nitrogens with two attached hydrogens (primary N) is 1. The van der Waals surface area contributed by atoms with Crippen LogP contribution in [-0.4, -0.2) is 15.0 Å². The molecule has 0 aromatic carbocycles. The van der Waals surface area contributed by atoms with E-state index in [9.17, 15) is 0 Å². The first-order valence-electron chi connectivity index (χ1n) is 5.40. The van der Waals surface area contributed by atoms with Gasteiger partial charge in [-0.3, -0.25) is 4.98 Å². The van der Waals surface area contributed by atoms with Crippen molar-refractivity contribution in [2.45, 2.75) is 20.4 Å². The van der Waals surface area contributed by atoms with Gasteiger partial charge in [0.25, 0.3) is 0 Å². The average molecular weight is 229 g/mol. The van der Waals surface area contributed by atoms with Crippen LogP contribution in [-0.2, 0) is 6.54 Å². The van der Waals surface area contributed by atoms with E-state index in [0.29, 0.717) is 6.54 Å². The molecule has 0 amide bonds. The van der Waals surface area contributed by atoms with Gasteiger partial charge in [-0.05, 0) is 25.5 Å². The number of nitrogens with zero attached hydrogens (tertiary/aromatic N) is 3. The maximum Gasteiger partial charge on any atom is 0.221 e. The highest BCUT2D eigenvalue weighted by Gasteiger charge is 2.03. The molecule has 17 heavy (non-hydrogen) atoms. The first-order chi connectivity index (χ1) is 8.16. The molecule has 0 aliphatic heterocycles. The smallest absolute Gasteiger partial charge is 0.221 e. The fraction of sp³-hybridized carbons (Fsp3) is 0.250. The van der Waals surface area contributed by atoms with E-state index in [1.54, 1.807) is 12.4 Å². The van der Waals surface area contributed by atoms with E-state index in [0.717, 1.165) is 22.6 Å². The number of nitrogen functional groups attached to an aromatic ring is 1. The number of anilines is 2. The van der Waals surface area contributed by atoms with Crippen LogP contribution in [0.3, 0.4) is 0 Å². The van der Waals surface area contributed by atoms with Crippen LogP contribution in [0.15, 0.2) is 24.5 Å². The van der Waals surface area contributed by atoms with E-state index in [4.69, 9.17) is 5.73 Å². The Bertz CT molecular complexity index is 524. The van der Waals surface area contributed by atoms with Crippen molar-refractivity contribution in [1.82, 2.24) is 15.0 Å². The van der Waals surface area contributed by atoms with Crippen LogP contribution in [0.2, 0.25) is 0 Å². The summed E-state index contributed by atoms with van der Waals surface area (Å²) < 4.78 is 0. The minimum Gasteiger partial charge on any atom is -0.368 e. The van der Waals surface area contributed by atoms with Crippen LogP contribution in [0, 0.1) is 13.8 Å². The molecular formula is C12H15N5. The molecule has 0 saturated carbocycles. The van der Waals surface area contributed by atoms with Gasteiger partial charge in [-0.2, -0.15) is 4.98 Å². The number of rotatable bonds is 3. The Morgan fingerprint density at radius 3 is 2.82 bits per heavy atom. The second kappa shape index (κ2) is 4.78. The number of hydrogen-bond donors (Lipinski definition) is 2. The second-order valence-electron chi connectivity index (χ2n) is 3.88. The van der Waals surface area contributed by atoms with Gasteiger partial charge in [-0.15, -0.1) is 0 Å². The summed E-state index contributed by atoms with van der Waals surface area (Å²) in [5, 5.41) is 3.22. The predicted octanol–water partition coefficient (Wildman–Crippen LogP) is 1.68. The van der Waals surface area contributed by atoms with E-state index in [2.05, 4.69) is 20.3 Å². The first-order valence-corrected chi connectivity index (χ1v) is 5.40. The summed E-state index contributed by atoms with van der Waals surface area (Å²) in [6.07, 6.45) is 3.49. The third-order valence-corrected chi connectivity index (χ3v) is 2.53. The Kier molecular flexibility index (Phi) is 3.18. The fourth-order valence-corrected chi connectivity index (χ4v) is 1.51. The summed E-state index contributed by atoms with van der Waals surface area (Å²) in [7, 11) is 0. The van der Waals surface area contributed by atoms with Crippen molar-refractivity contribution in [3.8, 4) is 0 Å². The van der Waals surface area contributed by atoms with E-state index in [1.807, 2.05) is 26.0 Å². The minimum absolute atomic E-state index is 0.274. The minimum atomic E-state index is 0.274. The molecule has 0 aliphatic rings. The van der Waals surface area contributed by atoms with Crippen molar-refractivity contribution in [1.29, 1.82) is 0 Å². The predicted molar refractivity (Wildman–Crippen MR) is 67.5 cm³/mol. The average Bonchev–Trinajstić information content (AvgIpc) is 2.32. The van der Waals surface area contributed by atoms with Crippen LogP contribution < -0.4 is 11.1 Å². The van der Waals surface area contributed by atoms with Crippen LogP contribution in [0.4, 0.5) is 11.8 Å².